The van der Waals surface area contributed by atoms with Crippen LogP contribution < -0.4 is 5.32 Å². The van der Waals surface area contributed by atoms with Gasteiger partial charge in [-0.2, -0.15) is 0 Å². The maximum absolute atomic E-state index is 3.57. The van der Waals surface area contributed by atoms with Crippen LogP contribution in [0.3, 0.4) is 0 Å². The Morgan fingerprint density at radius 3 is 2.64 bits per heavy atom. The van der Waals surface area contributed by atoms with Crippen molar-refractivity contribution >= 4 is 11.3 Å². The molecular formula is C17H30N4S. The molecule has 0 radical (unpaired) electrons. The molecule has 0 spiro atoms. The van der Waals surface area contributed by atoms with Gasteiger partial charge in [0.15, 0.2) is 0 Å². The zero-order chi connectivity index (χ0) is 15.4. The number of piperazine rings is 2. The molecule has 2 aliphatic heterocycles. The van der Waals surface area contributed by atoms with E-state index in [2.05, 4.69) is 51.4 Å². The molecule has 2 unspecified atom stereocenters. The number of hydrogen-bond donors (Lipinski definition) is 1. The first-order chi connectivity index (χ1) is 10.8. The fourth-order valence-electron chi connectivity index (χ4n) is 3.64. The molecular weight excluding hydrogens is 292 g/mol. The monoisotopic (exact) mass is 322 g/mol. The highest BCUT2D eigenvalue weighted by molar-refractivity contribution is 7.10. The molecule has 1 N–H and O–H groups in total. The third-order valence-corrected chi connectivity index (χ3v) is 6.03. The normalized spacial score (nSPS) is 27.1. The molecule has 2 fully saturated rings. The van der Waals surface area contributed by atoms with Gasteiger partial charge in [0.25, 0.3) is 0 Å². The molecule has 2 saturated heterocycles. The molecule has 0 aromatic carbocycles. The average Bonchev–Trinajstić information content (AvgIpc) is 3.07. The van der Waals surface area contributed by atoms with Gasteiger partial charge >= 0.3 is 0 Å². The number of likely N-dealkylation sites (N-methyl/N-ethyl adjacent to an activating group) is 1. The lowest BCUT2D eigenvalue weighted by atomic mass is 10.1. The van der Waals surface area contributed by atoms with Gasteiger partial charge in [0.05, 0.1) is 6.04 Å². The summed E-state index contributed by atoms with van der Waals surface area (Å²) in [4.78, 5) is 9.46. The van der Waals surface area contributed by atoms with Crippen LogP contribution in [0.25, 0.3) is 0 Å². The zero-order valence-electron chi connectivity index (χ0n) is 14.0. The van der Waals surface area contributed by atoms with Crippen molar-refractivity contribution in [1.82, 2.24) is 20.0 Å². The van der Waals surface area contributed by atoms with Gasteiger partial charge in [-0.1, -0.05) is 13.0 Å². The van der Waals surface area contributed by atoms with Gasteiger partial charge in [-0.15, -0.1) is 11.3 Å². The largest absolute Gasteiger partial charge is 0.312 e. The van der Waals surface area contributed by atoms with Crippen LogP contribution in [-0.2, 0) is 0 Å². The van der Waals surface area contributed by atoms with E-state index in [9.17, 15) is 0 Å². The molecule has 0 aliphatic carbocycles. The smallest absolute Gasteiger partial charge is 0.0570 e. The lowest BCUT2D eigenvalue weighted by Crippen LogP contribution is -2.53. The molecule has 0 saturated carbocycles. The first-order valence-corrected chi connectivity index (χ1v) is 9.59. The minimum Gasteiger partial charge on any atom is -0.312 e. The maximum atomic E-state index is 3.57. The molecule has 2 aliphatic rings. The third-order valence-electron chi connectivity index (χ3n) is 5.06. The first kappa shape index (κ1) is 16.4. The Balaban J connectivity index is 1.64. The van der Waals surface area contributed by atoms with Crippen molar-refractivity contribution in [2.75, 3.05) is 58.9 Å². The van der Waals surface area contributed by atoms with Crippen LogP contribution in [0.5, 0.6) is 0 Å². The van der Waals surface area contributed by atoms with Crippen molar-refractivity contribution < 1.29 is 0 Å². The summed E-state index contributed by atoms with van der Waals surface area (Å²) in [5, 5.41) is 5.80. The summed E-state index contributed by atoms with van der Waals surface area (Å²) in [7, 11) is 0. The van der Waals surface area contributed by atoms with E-state index in [1.807, 2.05) is 11.3 Å². The Bertz CT molecular complexity index is 428. The van der Waals surface area contributed by atoms with Crippen molar-refractivity contribution in [3.63, 3.8) is 0 Å². The summed E-state index contributed by atoms with van der Waals surface area (Å²) in [6.45, 7) is 15.3. The van der Waals surface area contributed by atoms with Crippen molar-refractivity contribution in [1.29, 1.82) is 0 Å². The van der Waals surface area contributed by atoms with Gasteiger partial charge in [-0.3, -0.25) is 9.80 Å². The lowest BCUT2D eigenvalue weighted by Gasteiger charge is -2.41. The first-order valence-electron chi connectivity index (χ1n) is 8.72. The lowest BCUT2D eigenvalue weighted by molar-refractivity contribution is 0.0794. The van der Waals surface area contributed by atoms with Gasteiger partial charge in [0.1, 0.15) is 0 Å². The summed E-state index contributed by atoms with van der Waals surface area (Å²) >= 11 is 1.92. The fraction of sp³-hybridized carbons (Fsp3) is 0.765. The Morgan fingerprint density at radius 1 is 1.23 bits per heavy atom. The SMILES string of the molecule is CCN1CCN(CC(c2cccs2)N2CCNC(C)C2)CC1. The summed E-state index contributed by atoms with van der Waals surface area (Å²) in [5.74, 6) is 0. The topological polar surface area (TPSA) is 21.8 Å². The predicted molar refractivity (Wildman–Crippen MR) is 94.7 cm³/mol. The van der Waals surface area contributed by atoms with Crippen LogP contribution in [0.15, 0.2) is 17.5 Å². The predicted octanol–water partition coefficient (Wildman–Crippen LogP) is 1.72. The molecule has 0 amide bonds. The van der Waals surface area contributed by atoms with Crippen molar-refractivity contribution in [3.05, 3.63) is 22.4 Å². The van der Waals surface area contributed by atoms with E-state index in [1.54, 1.807) is 0 Å². The fourth-order valence-corrected chi connectivity index (χ4v) is 4.50. The second kappa shape index (κ2) is 7.88. The summed E-state index contributed by atoms with van der Waals surface area (Å²) in [6, 6.07) is 5.70. The van der Waals surface area contributed by atoms with Crippen molar-refractivity contribution in [2.45, 2.75) is 25.9 Å². The van der Waals surface area contributed by atoms with Crippen LogP contribution in [0, 0.1) is 0 Å². The molecule has 3 rings (SSSR count). The van der Waals surface area contributed by atoms with E-state index < -0.39 is 0 Å². The quantitative estimate of drug-likeness (QED) is 0.891. The highest BCUT2D eigenvalue weighted by Crippen LogP contribution is 2.27. The van der Waals surface area contributed by atoms with Gasteiger partial charge < -0.3 is 10.2 Å². The minimum absolute atomic E-state index is 0.567. The minimum atomic E-state index is 0.567. The van der Waals surface area contributed by atoms with E-state index in [0.717, 1.165) is 13.1 Å². The average molecular weight is 323 g/mol. The van der Waals surface area contributed by atoms with E-state index in [-0.39, 0.29) is 0 Å². The highest BCUT2D eigenvalue weighted by Gasteiger charge is 2.28. The van der Waals surface area contributed by atoms with E-state index in [0.29, 0.717) is 12.1 Å². The number of nitrogens with one attached hydrogen (secondary N) is 1. The summed E-state index contributed by atoms with van der Waals surface area (Å²) in [5.41, 5.74) is 0. The zero-order valence-corrected chi connectivity index (χ0v) is 14.8. The molecule has 5 heteroatoms. The van der Waals surface area contributed by atoms with Gasteiger partial charge in [-0.25, -0.2) is 0 Å². The Hall–Kier alpha value is -0.460. The molecule has 1 aromatic rings. The molecule has 22 heavy (non-hydrogen) atoms. The molecule has 0 bridgehead atoms. The molecule has 124 valence electrons. The van der Waals surface area contributed by atoms with Crippen LogP contribution in [0.1, 0.15) is 24.8 Å². The standard InChI is InChI=1S/C17H30N4S/c1-3-19-8-10-20(11-9-19)14-16(17-5-4-12-22-17)21-7-6-18-15(2)13-21/h4-5,12,15-16,18H,3,6-11,13-14H2,1-2H3. The highest BCUT2D eigenvalue weighted by atomic mass is 32.1. The Kier molecular flexibility index (Phi) is 5.88. The molecule has 1 aromatic heterocycles. The summed E-state index contributed by atoms with van der Waals surface area (Å²) in [6.07, 6.45) is 0. The van der Waals surface area contributed by atoms with E-state index in [4.69, 9.17) is 0 Å². The van der Waals surface area contributed by atoms with Gasteiger partial charge in [-0.05, 0) is 24.9 Å². The van der Waals surface area contributed by atoms with Crippen molar-refractivity contribution in [2.24, 2.45) is 0 Å². The second-order valence-corrected chi connectivity index (χ2v) is 7.60. The second-order valence-electron chi connectivity index (χ2n) is 6.62. The third kappa shape index (κ3) is 4.09. The number of nitrogens with zero attached hydrogens (tertiary/aromatic N) is 3. The summed E-state index contributed by atoms with van der Waals surface area (Å²) < 4.78 is 0. The Labute approximate surface area is 139 Å². The maximum Gasteiger partial charge on any atom is 0.0570 e. The van der Waals surface area contributed by atoms with Crippen LogP contribution in [0.2, 0.25) is 0 Å². The molecule has 3 heterocycles. The van der Waals surface area contributed by atoms with Crippen LogP contribution >= 0.6 is 11.3 Å². The van der Waals surface area contributed by atoms with Gasteiger partial charge in [0.2, 0.25) is 0 Å². The number of rotatable bonds is 5. The van der Waals surface area contributed by atoms with Crippen LogP contribution in [-0.4, -0.2) is 79.6 Å². The molecule has 4 nitrogen and oxygen atoms in total. The van der Waals surface area contributed by atoms with Gasteiger partial charge in [0, 0.05) is 63.3 Å². The Morgan fingerprint density at radius 2 is 2.00 bits per heavy atom. The number of thiophene rings is 1. The molecule has 2 atom stereocenters. The number of hydrogen-bond acceptors (Lipinski definition) is 5. The van der Waals surface area contributed by atoms with E-state index >= 15 is 0 Å². The van der Waals surface area contributed by atoms with E-state index in [1.165, 1.54) is 50.7 Å². The van der Waals surface area contributed by atoms with Crippen LogP contribution in [0.4, 0.5) is 0 Å². The van der Waals surface area contributed by atoms with Crippen molar-refractivity contribution in [3.8, 4) is 0 Å².